The molecule has 4 nitrogen and oxygen atoms in total. The van der Waals surface area contributed by atoms with Crippen molar-refractivity contribution < 1.29 is 21.2 Å². The molecule has 0 spiro atoms. The maximum atomic E-state index is 13.5. The zero-order valence-electron chi connectivity index (χ0n) is 16.8. The molecule has 6 rings (SSSR count). The standard InChI is InChI=1S/C26H17FN4.Co/c27-17-3-1-16(2-4-17)25-14-24-13-22-8-7-20(29-22)11-18-5-6-19(28-18)12-21-9-10-23(30-21)15-26(25)31-24;/h1-15,29-30H;. The van der Waals surface area contributed by atoms with E-state index in [1.165, 1.54) is 12.1 Å². The summed E-state index contributed by atoms with van der Waals surface area (Å²) in [5, 5.41) is 0. The summed E-state index contributed by atoms with van der Waals surface area (Å²) < 4.78 is 13.5. The predicted octanol–water partition coefficient (Wildman–Crippen LogP) is 6.21. The van der Waals surface area contributed by atoms with Gasteiger partial charge in [0.25, 0.3) is 0 Å². The number of nitrogens with one attached hydrogen (secondary N) is 2. The number of nitrogens with zero attached hydrogens (tertiary/aromatic N) is 2. The van der Waals surface area contributed by atoms with Crippen molar-refractivity contribution in [2.45, 2.75) is 0 Å². The molecular formula is C26H17CoFN4. The molecule has 0 atom stereocenters. The largest absolute Gasteiger partial charge is 0.355 e. The molecule has 8 bridgehead atoms. The Hall–Kier alpha value is -3.74. The summed E-state index contributed by atoms with van der Waals surface area (Å²) in [5.74, 6) is -0.255. The number of halogens is 1. The SMILES string of the molecule is Fc1ccc(C2=Cc3cc4ccc(cc5nc(cc6ccc(cc2n3)[nH]6)C=C5)[nH]4)cc1.[Co]. The summed E-state index contributed by atoms with van der Waals surface area (Å²) in [6.07, 6.45) is 6.03. The quantitative estimate of drug-likeness (QED) is 0.305. The van der Waals surface area contributed by atoms with Crippen molar-refractivity contribution in [2.75, 3.05) is 0 Å². The summed E-state index contributed by atoms with van der Waals surface area (Å²) in [6, 6.07) is 22.6. The summed E-state index contributed by atoms with van der Waals surface area (Å²) >= 11 is 0. The molecule has 2 aliphatic rings. The molecule has 0 amide bonds. The van der Waals surface area contributed by atoms with Gasteiger partial charge in [0.05, 0.1) is 22.8 Å². The average molecular weight is 463 g/mol. The van der Waals surface area contributed by atoms with E-state index in [2.05, 4.69) is 15.0 Å². The van der Waals surface area contributed by atoms with Crippen molar-refractivity contribution in [1.29, 1.82) is 0 Å². The summed E-state index contributed by atoms with van der Waals surface area (Å²) in [4.78, 5) is 16.3. The van der Waals surface area contributed by atoms with E-state index in [0.29, 0.717) is 0 Å². The number of rotatable bonds is 1. The van der Waals surface area contributed by atoms with E-state index in [1.54, 1.807) is 12.1 Å². The molecule has 2 aliphatic heterocycles. The molecule has 0 saturated heterocycles. The first-order valence-corrected chi connectivity index (χ1v) is 10.0. The van der Waals surface area contributed by atoms with Gasteiger partial charge < -0.3 is 9.97 Å². The Morgan fingerprint density at radius 3 is 1.72 bits per heavy atom. The first kappa shape index (κ1) is 20.2. The fourth-order valence-electron chi connectivity index (χ4n) is 3.87. The van der Waals surface area contributed by atoms with Crippen LogP contribution in [0.25, 0.3) is 45.9 Å². The summed E-state index contributed by atoms with van der Waals surface area (Å²) in [7, 11) is 0. The number of H-pyrrole nitrogens is 2. The van der Waals surface area contributed by atoms with Crippen LogP contribution < -0.4 is 0 Å². The van der Waals surface area contributed by atoms with Gasteiger partial charge in [-0.3, -0.25) is 0 Å². The van der Waals surface area contributed by atoms with Gasteiger partial charge in [-0.15, -0.1) is 0 Å². The van der Waals surface area contributed by atoms with Crippen LogP contribution in [0.3, 0.4) is 0 Å². The molecule has 0 unspecified atom stereocenters. The van der Waals surface area contributed by atoms with Crippen molar-refractivity contribution in [3.8, 4) is 0 Å². The van der Waals surface area contributed by atoms with Crippen LogP contribution in [0.15, 0.2) is 72.8 Å². The Morgan fingerprint density at radius 1 is 0.594 bits per heavy atom. The zero-order chi connectivity index (χ0) is 20.8. The molecule has 0 aliphatic carbocycles. The number of hydrogen-bond donors (Lipinski definition) is 2. The van der Waals surface area contributed by atoms with Crippen LogP contribution in [0.2, 0.25) is 0 Å². The van der Waals surface area contributed by atoms with Gasteiger partial charge in [0.1, 0.15) is 5.82 Å². The first-order chi connectivity index (χ1) is 15.2. The third-order valence-electron chi connectivity index (χ3n) is 5.32. The van der Waals surface area contributed by atoms with Gasteiger partial charge in [-0.05, 0) is 84.5 Å². The van der Waals surface area contributed by atoms with Crippen LogP contribution in [0.1, 0.15) is 28.3 Å². The third-order valence-corrected chi connectivity index (χ3v) is 5.32. The Kier molecular flexibility index (Phi) is 5.09. The maximum Gasteiger partial charge on any atom is 0.123 e. The molecule has 32 heavy (non-hydrogen) atoms. The molecule has 3 aromatic heterocycles. The van der Waals surface area contributed by atoms with Crippen molar-refractivity contribution in [3.05, 3.63) is 107 Å². The van der Waals surface area contributed by atoms with E-state index in [9.17, 15) is 4.39 Å². The smallest absolute Gasteiger partial charge is 0.123 e. The molecule has 0 saturated carbocycles. The normalized spacial score (nSPS) is 12.3. The molecule has 2 N–H and O–H groups in total. The Morgan fingerprint density at radius 2 is 1.12 bits per heavy atom. The molecule has 4 aromatic rings. The Bertz CT molecular complexity index is 1540. The molecule has 157 valence electrons. The van der Waals surface area contributed by atoms with Crippen LogP contribution in [0, 0.1) is 5.82 Å². The fraction of sp³-hybridized carbons (Fsp3) is 0. The minimum absolute atomic E-state index is 0. The van der Waals surface area contributed by atoms with E-state index in [1.807, 2.05) is 66.8 Å². The third kappa shape index (κ3) is 3.93. The minimum atomic E-state index is -0.255. The van der Waals surface area contributed by atoms with Gasteiger partial charge in [0.15, 0.2) is 0 Å². The van der Waals surface area contributed by atoms with Crippen molar-refractivity contribution in [2.24, 2.45) is 0 Å². The second-order valence-electron chi connectivity index (χ2n) is 7.60. The van der Waals surface area contributed by atoms with Crippen molar-refractivity contribution in [1.82, 2.24) is 19.9 Å². The Labute approximate surface area is 193 Å². The number of aromatic nitrogens is 4. The van der Waals surface area contributed by atoms with Gasteiger partial charge in [0, 0.05) is 44.4 Å². The Balaban J connectivity index is 0.00000216. The fourth-order valence-corrected chi connectivity index (χ4v) is 3.87. The maximum absolute atomic E-state index is 13.5. The van der Waals surface area contributed by atoms with Gasteiger partial charge in [-0.2, -0.15) is 0 Å². The van der Waals surface area contributed by atoms with Gasteiger partial charge >= 0.3 is 0 Å². The van der Waals surface area contributed by atoms with Gasteiger partial charge in [-0.25, -0.2) is 14.4 Å². The molecule has 1 aromatic carbocycles. The van der Waals surface area contributed by atoms with Crippen LogP contribution in [-0.2, 0) is 16.8 Å². The molecule has 0 fully saturated rings. The average Bonchev–Trinajstić information content (AvgIpc) is 3.54. The minimum Gasteiger partial charge on any atom is -0.355 e. The molecule has 5 heterocycles. The van der Waals surface area contributed by atoms with Crippen LogP contribution >= 0.6 is 0 Å². The number of fused-ring (bicyclic) bond motifs is 8. The zero-order valence-corrected chi connectivity index (χ0v) is 17.8. The monoisotopic (exact) mass is 463 g/mol. The van der Waals surface area contributed by atoms with E-state index in [0.717, 1.165) is 56.0 Å². The first-order valence-electron chi connectivity index (χ1n) is 10.0. The van der Waals surface area contributed by atoms with Crippen molar-refractivity contribution in [3.63, 3.8) is 0 Å². The van der Waals surface area contributed by atoms with E-state index < -0.39 is 0 Å². The molecular weight excluding hydrogens is 446 g/mol. The van der Waals surface area contributed by atoms with Crippen molar-refractivity contribution >= 4 is 45.9 Å². The van der Waals surface area contributed by atoms with Gasteiger partial charge in [-0.1, -0.05) is 12.1 Å². The second kappa shape index (κ2) is 8.07. The van der Waals surface area contributed by atoms with E-state index >= 15 is 0 Å². The van der Waals surface area contributed by atoms with E-state index in [4.69, 9.17) is 4.98 Å². The van der Waals surface area contributed by atoms with E-state index in [-0.39, 0.29) is 22.6 Å². The summed E-state index contributed by atoms with van der Waals surface area (Å²) in [5.41, 5.74) is 9.15. The topological polar surface area (TPSA) is 57.4 Å². The van der Waals surface area contributed by atoms with Gasteiger partial charge in [0.2, 0.25) is 0 Å². The van der Waals surface area contributed by atoms with Crippen LogP contribution in [-0.4, -0.2) is 19.9 Å². The second-order valence-corrected chi connectivity index (χ2v) is 7.60. The summed E-state index contributed by atoms with van der Waals surface area (Å²) in [6.45, 7) is 0. The molecule has 1 radical (unpaired) electrons. The molecule has 6 heteroatoms. The van der Waals surface area contributed by atoms with Crippen LogP contribution in [0.4, 0.5) is 4.39 Å². The number of hydrogen-bond acceptors (Lipinski definition) is 2. The number of benzene rings is 1. The predicted molar refractivity (Wildman–Crippen MR) is 123 cm³/mol. The van der Waals surface area contributed by atoms with Crippen LogP contribution in [0.5, 0.6) is 0 Å². The number of aromatic amines is 2.